The monoisotopic (exact) mass is 128 g/mol. The van der Waals surface area contributed by atoms with E-state index in [4.69, 9.17) is 5.11 Å². The van der Waals surface area contributed by atoms with Gasteiger partial charge in [-0.1, -0.05) is 5.57 Å². The van der Waals surface area contributed by atoms with Crippen molar-refractivity contribution >= 4 is 0 Å². The average molecular weight is 128 g/mol. The van der Waals surface area contributed by atoms with Crippen LogP contribution >= 0.6 is 0 Å². The third kappa shape index (κ3) is 7.70. The van der Waals surface area contributed by atoms with Crippen LogP contribution in [0.25, 0.3) is 0 Å². The molecule has 1 unspecified atom stereocenters. The van der Waals surface area contributed by atoms with Gasteiger partial charge in [0.2, 0.25) is 0 Å². The van der Waals surface area contributed by atoms with E-state index in [0.29, 0.717) is 0 Å². The van der Waals surface area contributed by atoms with Crippen molar-refractivity contribution in [1.82, 2.24) is 0 Å². The van der Waals surface area contributed by atoms with Gasteiger partial charge in [-0.15, -0.1) is 6.58 Å². The first-order valence-corrected chi connectivity index (χ1v) is 3.45. The fourth-order valence-electron chi connectivity index (χ4n) is 0.699. The maximum Gasteiger partial charge on any atom is 0.0512 e. The molecule has 0 amide bonds. The van der Waals surface area contributed by atoms with Gasteiger partial charge in [-0.3, -0.25) is 0 Å². The molecule has 0 aromatic carbocycles. The number of aliphatic hydroxyl groups excluding tert-OH is 1. The Morgan fingerprint density at radius 2 is 2.22 bits per heavy atom. The molecule has 0 saturated heterocycles. The van der Waals surface area contributed by atoms with Crippen molar-refractivity contribution in [2.24, 2.45) is 0 Å². The van der Waals surface area contributed by atoms with Crippen LogP contribution in [0.3, 0.4) is 0 Å². The van der Waals surface area contributed by atoms with Gasteiger partial charge in [0, 0.05) is 0 Å². The summed E-state index contributed by atoms with van der Waals surface area (Å²) in [5, 5.41) is 8.84. The van der Waals surface area contributed by atoms with E-state index in [0.717, 1.165) is 19.3 Å². The maximum absolute atomic E-state index is 8.84. The molecule has 0 spiro atoms. The predicted molar refractivity (Wildman–Crippen MR) is 40.3 cm³/mol. The standard InChI is InChI=1S/C8H16O/c1-7(2)5-4-6-8(3)9/h8-9H,1,4-6H2,2-3H3. The van der Waals surface area contributed by atoms with Gasteiger partial charge in [-0.25, -0.2) is 0 Å². The molecular weight excluding hydrogens is 112 g/mol. The van der Waals surface area contributed by atoms with E-state index in [1.54, 1.807) is 0 Å². The van der Waals surface area contributed by atoms with E-state index < -0.39 is 0 Å². The number of allylic oxidation sites excluding steroid dienone is 1. The van der Waals surface area contributed by atoms with Gasteiger partial charge in [0.25, 0.3) is 0 Å². The largest absolute Gasteiger partial charge is 0.393 e. The molecule has 0 aliphatic rings. The van der Waals surface area contributed by atoms with E-state index >= 15 is 0 Å². The van der Waals surface area contributed by atoms with Crippen molar-refractivity contribution in [3.8, 4) is 0 Å². The van der Waals surface area contributed by atoms with Crippen LogP contribution in [0.1, 0.15) is 33.1 Å². The average Bonchev–Trinajstić information content (AvgIpc) is 1.63. The first kappa shape index (κ1) is 8.70. The third-order valence-corrected chi connectivity index (χ3v) is 1.23. The van der Waals surface area contributed by atoms with Crippen molar-refractivity contribution in [3.63, 3.8) is 0 Å². The Bertz CT molecular complexity index is 84.6. The van der Waals surface area contributed by atoms with Gasteiger partial charge >= 0.3 is 0 Å². The Morgan fingerprint density at radius 3 is 2.56 bits per heavy atom. The number of aliphatic hydroxyl groups is 1. The van der Waals surface area contributed by atoms with Crippen molar-refractivity contribution < 1.29 is 5.11 Å². The molecule has 0 heterocycles. The molecule has 1 atom stereocenters. The quantitative estimate of drug-likeness (QED) is 0.575. The molecule has 0 radical (unpaired) electrons. The predicted octanol–water partition coefficient (Wildman–Crippen LogP) is 2.11. The molecule has 0 aliphatic heterocycles. The number of hydrogen-bond acceptors (Lipinski definition) is 1. The molecule has 54 valence electrons. The summed E-state index contributed by atoms with van der Waals surface area (Å²) in [5.74, 6) is 0. The fourth-order valence-corrected chi connectivity index (χ4v) is 0.699. The summed E-state index contributed by atoms with van der Waals surface area (Å²) in [4.78, 5) is 0. The second-order valence-electron chi connectivity index (χ2n) is 2.70. The molecule has 1 heteroatoms. The van der Waals surface area contributed by atoms with Gasteiger partial charge < -0.3 is 5.11 Å². The lowest BCUT2D eigenvalue weighted by atomic mass is 10.1. The molecule has 0 aliphatic carbocycles. The summed E-state index contributed by atoms with van der Waals surface area (Å²) >= 11 is 0. The Hall–Kier alpha value is -0.300. The van der Waals surface area contributed by atoms with E-state index in [-0.39, 0.29) is 6.10 Å². The lowest BCUT2D eigenvalue weighted by Gasteiger charge is -2.01. The fraction of sp³-hybridized carbons (Fsp3) is 0.750. The molecule has 9 heavy (non-hydrogen) atoms. The van der Waals surface area contributed by atoms with E-state index in [1.165, 1.54) is 5.57 Å². The minimum atomic E-state index is -0.149. The molecule has 1 N–H and O–H groups in total. The van der Waals surface area contributed by atoms with E-state index in [9.17, 15) is 0 Å². The second kappa shape index (κ2) is 4.57. The zero-order valence-corrected chi connectivity index (χ0v) is 6.35. The molecule has 0 saturated carbocycles. The minimum Gasteiger partial charge on any atom is -0.393 e. The highest BCUT2D eigenvalue weighted by molar-refractivity contribution is 4.87. The number of hydrogen-bond donors (Lipinski definition) is 1. The normalized spacial score (nSPS) is 13.2. The summed E-state index contributed by atoms with van der Waals surface area (Å²) in [6.07, 6.45) is 2.86. The molecular formula is C8H16O. The van der Waals surface area contributed by atoms with Crippen LogP contribution in [0.2, 0.25) is 0 Å². The summed E-state index contributed by atoms with van der Waals surface area (Å²) in [6.45, 7) is 7.60. The zero-order valence-electron chi connectivity index (χ0n) is 6.35. The third-order valence-electron chi connectivity index (χ3n) is 1.23. The SMILES string of the molecule is C=C(C)CCCC(C)O. The minimum absolute atomic E-state index is 0.149. The van der Waals surface area contributed by atoms with Gasteiger partial charge in [0.05, 0.1) is 6.10 Å². The highest BCUT2D eigenvalue weighted by atomic mass is 16.3. The van der Waals surface area contributed by atoms with Crippen LogP contribution in [0, 0.1) is 0 Å². The first-order chi connectivity index (χ1) is 4.13. The Labute approximate surface area is 57.4 Å². The summed E-state index contributed by atoms with van der Waals surface area (Å²) in [5.41, 5.74) is 1.20. The van der Waals surface area contributed by atoms with Crippen molar-refractivity contribution in [2.75, 3.05) is 0 Å². The lowest BCUT2D eigenvalue weighted by molar-refractivity contribution is 0.182. The van der Waals surface area contributed by atoms with Gasteiger partial charge in [0.15, 0.2) is 0 Å². The van der Waals surface area contributed by atoms with Gasteiger partial charge in [0.1, 0.15) is 0 Å². The van der Waals surface area contributed by atoms with Gasteiger partial charge in [-0.2, -0.15) is 0 Å². The summed E-state index contributed by atoms with van der Waals surface area (Å²) in [6, 6.07) is 0. The molecule has 1 nitrogen and oxygen atoms in total. The van der Waals surface area contributed by atoms with Gasteiger partial charge in [-0.05, 0) is 33.1 Å². The Kier molecular flexibility index (Phi) is 4.41. The smallest absolute Gasteiger partial charge is 0.0512 e. The van der Waals surface area contributed by atoms with Crippen molar-refractivity contribution in [3.05, 3.63) is 12.2 Å². The molecule has 0 rings (SSSR count). The van der Waals surface area contributed by atoms with Crippen molar-refractivity contribution in [2.45, 2.75) is 39.2 Å². The first-order valence-electron chi connectivity index (χ1n) is 3.45. The number of rotatable bonds is 4. The highest BCUT2D eigenvalue weighted by Crippen LogP contribution is 2.05. The Morgan fingerprint density at radius 1 is 1.67 bits per heavy atom. The van der Waals surface area contributed by atoms with Crippen LogP contribution in [0.4, 0.5) is 0 Å². The van der Waals surface area contributed by atoms with Crippen LogP contribution in [-0.4, -0.2) is 11.2 Å². The lowest BCUT2D eigenvalue weighted by Crippen LogP contribution is -1.98. The van der Waals surface area contributed by atoms with Crippen LogP contribution in [0.15, 0.2) is 12.2 Å². The topological polar surface area (TPSA) is 20.2 Å². The van der Waals surface area contributed by atoms with Crippen LogP contribution in [-0.2, 0) is 0 Å². The van der Waals surface area contributed by atoms with Crippen LogP contribution < -0.4 is 0 Å². The zero-order chi connectivity index (χ0) is 7.28. The molecule has 0 bridgehead atoms. The Balaban J connectivity index is 3.01. The maximum atomic E-state index is 8.84. The highest BCUT2D eigenvalue weighted by Gasteiger charge is 1.93. The molecule has 0 aromatic heterocycles. The van der Waals surface area contributed by atoms with Crippen LogP contribution in [0.5, 0.6) is 0 Å². The second-order valence-corrected chi connectivity index (χ2v) is 2.70. The van der Waals surface area contributed by atoms with E-state index in [1.807, 2.05) is 13.8 Å². The molecule has 0 aromatic rings. The molecule has 0 fully saturated rings. The summed E-state index contributed by atoms with van der Waals surface area (Å²) < 4.78 is 0. The van der Waals surface area contributed by atoms with Crippen molar-refractivity contribution in [1.29, 1.82) is 0 Å². The van der Waals surface area contributed by atoms with E-state index in [2.05, 4.69) is 6.58 Å². The summed E-state index contributed by atoms with van der Waals surface area (Å²) in [7, 11) is 0.